The second-order valence-electron chi connectivity index (χ2n) is 4.99. The van der Waals surface area contributed by atoms with E-state index in [0.717, 1.165) is 31.5 Å². The predicted molar refractivity (Wildman–Crippen MR) is 63.6 cm³/mol. The van der Waals surface area contributed by atoms with Crippen molar-refractivity contribution in [1.82, 2.24) is 10.4 Å². The van der Waals surface area contributed by atoms with Gasteiger partial charge in [0.2, 0.25) is 0 Å². The third kappa shape index (κ3) is 4.49. The van der Waals surface area contributed by atoms with Crippen LogP contribution in [0.2, 0.25) is 0 Å². The lowest BCUT2D eigenvalue weighted by molar-refractivity contribution is -0.150. The van der Waals surface area contributed by atoms with Gasteiger partial charge < -0.3 is 10.2 Å². The van der Waals surface area contributed by atoms with E-state index in [-0.39, 0.29) is 0 Å². The van der Waals surface area contributed by atoms with Crippen molar-refractivity contribution >= 4 is 0 Å². The van der Waals surface area contributed by atoms with E-state index < -0.39 is 0 Å². The fourth-order valence-corrected chi connectivity index (χ4v) is 2.22. The Hall–Kier alpha value is -0.120. The summed E-state index contributed by atoms with van der Waals surface area (Å²) >= 11 is 0. The predicted octanol–water partition coefficient (Wildman–Crippen LogP) is 1.89. The van der Waals surface area contributed by atoms with Crippen molar-refractivity contribution in [2.24, 2.45) is 11.8 Å². The Bertz CT molecular complexity index is 165. The second kappa shape index (κ2) is 6.46. The maximum atomic E-state index is 5.24. The summed E-state index contributed by atoms with van der Waals surface area (Å²) in [5, 5.41) is 5.59. The van der Waals surface area contributed by atoms with Crippen molar-refractivity contribution in [3.05, 3.63) is 0 Å². The molecule has 3 nitrogen and oxygen atoms in total. The molecule has 1 atom stereocenters. The highest BCUT2D eigenvalue weighted by Crippen LogP contribution is 2.24. The summed E-state index contributed by atoms with van der Waals surface area (Å²) in [6.45, 7) is 10.1. The lowest BCUT2D eigenvalue weighted by Gasteiger charge is -2.33. The molecule has 3 heteroatoms. The minimum absolute atomic E-state index is 0.603. The zero-order valence-electron chi connectivity index (χ0n) is 10.6. The first-order valence-electron chi connectivity index (χ1n) is 6.16. The molecule has 0 aromatic carbocycles. The topological polar surface area (TPSA) is 24.5 Å². The van der Waals surface area contributed by atoms with Crippen LogP contribution in [0.4, 0.5) is 0 Å². The van der Waals surface area contributed by atoms with E-state index in [4.69, 9.17) is 4.84 Å². The second-order valence-corrected chi connectivity index (χ2v) is 4.99. The van der Waals surface area contributed by atoms with E-state index in [1.165, 1.54) is 12.8 Å². The highest BCUT2D eigenvalue weighted by Gasteiger charge is 2.23. The Morgan fingerprint density at radius 2 is 1.87 bits per heavy atom. The minimum atomic E-state index is 0.603. The average Bonchev–Trinajstić information content (AvgIpc) is 2.26. The molecule has 0 spiro atoms. The molecular formula is C12H26N2O. The summed E-state index contributed by atoms with van der Waals surface area (Å²) in [6.07, 6.45) is 2.55. The summed E-state index contributed by atoms with van der Waals surface area (Å²) in [5.41, 5.74) is 0. The van der Waals surface area contributed by atoms with Gasteiger partial charge in [-0.25, -0.2) is 0 Å². The highest BCUT2D eigenvalue weighted by molar-refractivity contribution is 4.75. The van der Waals surface area contributed by atoms with Crippen LogP contribution in [0, 0.1) is 11.8 Å². The van der Waals surface area contributed by atoms with E-state index in [0.29, 0.717) is 6.04 Å². The fraction of sp³-hybridized carbons (Fsp3) is 1.00. The molecule has 1 aliphatic rings. The van der Waals surface area contributed by atoms with Crippen LogP contribution in [0.3, 0.4) is 0 Å². The maximum Gasteiger partial charge on any atom is 0.0575 e. The SMILES string of the molecule is CON1CCC([C@H](C)CNC(C)C)CC1. The molecule has 0 bridgehead atoms. The van der Waals surface area contributed by atoms with Crippen LogP contribution in [0.15, 0.2) is 0 Å². The summed E-state index contributed by atoms with van der Waals surface area (Å²) in [6, 6.07) is 0.603. The van der Waals surface area contributed by atoms with Crippen LogP contribution in [-0.2, 0) is 4.84 Å². The fourth-order valence-electron chi connectivity index (χ4n) is 2.22. The number of rotatable bonds is 5. The lowest BCUT2D eigenvalue weighted by atomic mass is 9.86. The Morgan fingerprint density at radius 1 is 1.27 bits per heavy atom. The average molecular weight is 214 g/mol. The molecule has 0 aromatic heterocycles. The maximum absolute atomic E-state index is 5.24. The Balaban J connectivity index is 2.20. The molecule has 0 aliphatic carbocycles. The molecule has 1 fully saturated rings. The largest absolute Gasteiger partial charge is 0.314 e. The molecule has 1 N–H and O–H groups in total. The third-order valence-corrected chi connectivity index (χ3v) is 3.41. The van der Waals surface area contributed by atoms with Gasteiger partial charge >= 0.3 is 0 Å². The van der Waals surface area contributed by atoms with Crippen LogP contribution in [-0.4, -0.2) is 37.8 Å². The number of hydrogen-bond donors (Lipinski definition) is 1. The zero-order valence-corrected chi connectivity index (χ0v) is 10.6. The highest BCUT2D eigenvalue weighted by atomic mass is 16.7. The van der Waals surface area contributed by atoms with Crippen LogP contribution < -0.4 is 5.32 Å². The number of nitrogens with zero attached hydrogens (tertiary/aromatic N) is 1. The summed E-state index contributed by atoms with van der Waals surface area (Å²) in [5.74, 6) is 1.65. The number of nitrogens with one attached hydrogen (secondary N) is 1. The molecule has 0 unspecified atom stereocenters. The van der Waals surface area contributed by atoms with Gasteiger partial charge in [-0.05, 0) is 31.2 Å². The molecule has 0 radical (unpaired) electrons. The Labute approximate surface area is 94.1 Å². The normalized spacial score (nSPS) is 22.2. The summed E-state index contributed by atoms with van der Waals surface area (Å²) in [7, 11) is 1.77. The van der Waals surface area contributed by atoms with Crippen molar-refractivity contribution in [2.75, 3.05) is 26.7 Å². The molecule has 1 saturated heterocycles. The number of hydroxylamine groups is 2. The van der Waals surface area contributed by atoms with Gasteiger partial charge in [-0.1, -0.05) is 20.8 Å². The lowest BCUT2D eigenvalue weighted by Crippen LogP contribution is -2.38. The first-order valence-corrected chi connectivity index (χ1v) is 6.16. The van der Waals surface area contributed by atoms with Crippen molar-refractivity contribution < 1.29 is 4.84 Å². The molecule has 90 valence electrons. The molecule has 1 rings (SSSR count). The molecule has 1 heterocycles. The van der Waals surface area contributed by atoms with Crippen molar-refractivity contribution in [2.45, 2.75) is 39.7 Å². The van der Waals surface area contributed by atoms with Crippen LogP contribution in [0.1, 0.15) is 33.6 Å². The first kappa shape index (κ1) is 12.9. The molecule has 0 saturated carbocycles. The van der Waals surface area contributed by atoms with E-state index in [2.05, 4.69) is 31.2 Å². The quantitative estimate of drug-likeness (QED) is 0.756. The molecule has 15 heavy (non-hydrogen) atoms. The van der Waals surface area contributed by atoms with E-state index in [1.54, 1.807) is 7.11 Å². The molecule has 1 aliphatic heterocycles. The number of piperidine rings is 1. The molecular weight excluding hydrogens is 188 g/mol. The van der Waals surface area contributed by atoms with Gasteiger partial charge in [0.05, 0.1) is 7.11 Å². The minimum Gasteiger partial charge on any atom is -0.314 e. The van der Waals surface area contributed by atoms with Crippen LogP contribution >= 0.6 is 0 Å². The van der Waals surface area contributed by atoms with Crippen molar-refractivity contribution in [1.29, 1.82) is 0 Å². The Kier molecular flexibility index (Phi) is 5.58. The monoisotopic (exact) mass is 214 g/mol. The van der Waals surface area contributed by atoms with Gasteiger partial charge in [-0.2, -0.15) is 5.06 Å². The van der Waals surface area contributed by atoms with Crippen molar-refractivity contribution in [3.63, 3.8) is 0 Å². The van der Waals surface area contributed by atoms with E-state index in [9.17, 15) is 0 Å². The van der Waals surface area contributed by atoms with Crippen LogP contribution in [0.5, 0.6) is 0 Å². The zero-order chi connectivity index (χ0) is 11.3. The van der Waals surface area contributed by atoms with Gasteiger partial charge in [-0.15, -0.1) is 0 Å². The van der Waals surface area contributed by atoms with Gasteiger partial charge in [0, 0.05) is 19.1 Å². The summed E-state index contributed by atoms with van der Waals surface area (Å²) in [4.78, 5) is 5.24. The number of hydrogen-bond acceptors (Lipinski definition) is 3. The molecule has 0 aromatic rings. The first-order chi connectivity index (χ1) is 7.13. The Morgan fingerprint density at radius 3 is 2.33 bits per heavy atom. The van der Waals surface area contributed by atoms with Gasteiger partial charge in [-0.3, -0.25) is 0 Å². The third-order valence-electron chi connectivity index (χ3n) is 3.41. The smallest absolute Gasteiger partial charge is 0.0575 e. The van der Waals surface area contributed by atoms with E-state index >= 15 is 0 Å². The van der Waals surface area contributed by atoms with Crippen LogP contribution in [0.25, 0.3) is 0 Å². The molecule has 0 amide bonds. The standard InChI is InChI=1S/C12H26N2O/c1-10(2)13-9-11(3)12-5-7-14(15-4)8-6-12/h10-13H,5-9H2,1-4H3/t11-/m1/s1. The van der Waals surface area contributed by atoms with Gasteiger partial charge in [0.15, 0.2) is 0 Å². The van der Waals surface area contributed by atoms with Gasteiger partial charge in [0.1, 0.15) is 0 Å². The van der Waals surface area contributed by atoms with Gasteiger partial charge in [0.25, 0.3) is 0 Å². The summed E-state index contributed by atoms with van der Waals surface area (Å²) < 4.78 is 0. The van der Waals surface area contributed by atoms with Crippen molar-refractivity contribution in [3.8, 4) is 0 Å². The van der Waals surface area contributed by atoms with E-state index in [1.807, 2.05) is 0 Å².